The van der Waals surface area contributed by atoms with Gasteiger partial charge in [-0.05, 0) is 37.8 Å². The van der Waals surface area contributed by atoms with Crippen LogP contribution in [0.25, 0.3) is 0 Å². The fourth-order valence-electron chi connectivity index (χ4n) is 3.78. The highest BCUT2D eigenvalue weighted by Gasteiger charge is 2.45. The molecule has 0 aliphatic carbocycles. The lowest BCUT2D eigenvalue weighted by atomic mass is 10.1. The van der Waals surface area contributed by atoms with Crippen LogP contribution >= 0.6 is 0 Å². The number of carbonyl (C=O) groups is 4. The SMILES string of the molecule is C=CC[C@H]1CCC[C@H](N2C(=O)c3ccccc3C2=O)C(=O)N1CC(=O)OC. The molecular weight excluding hydrogens is 348 g/mol. The minimum atomic E-state index is -0.920. The zero-order valence-electron chi connectivity index (χ0n) is 15.2. The summed E-state index contributed by atoms with van der Waals surface area (Å²) in [4.78, 5) is 53.1. The summed E-state index contributed by atoms with van der Waals surface area (Å²) in [5.74, 6) is -1.87. The predicted octanol–water partition coefficient (Wildman–Crippen LogP) is 1.78. The Bertz CT molecular complexity index is 768. The number of hydrogen-bond donors (Lipinski definition) is 0. The minimum Gasteiger partial charge on any atom is -0.468 e. The molecule has 0 aromatic heterocycles. The van der Waals surface area contributed by atoms with Crippen LogP contribution in [0.1, 0.15) is 46.4 Å². The van der Waals surface area contributed by atoms with E-state index in [4.69, 9.17) is 4.74 Å². The van der Waals surface area contributed by atoms with Gasteiger partial charge in [-0.3, -0.25) is 24.1 Å². The Balaban J connectivity index is 1.93. The van der Waals surface area contributed by atoms with Crippen molar-refractivity contribution < 1.29 is 23.9 Å². The van der Waals surface area contributed by atoms with E-state index in [-0.39, 0.29) is 12.6 Å². The Kier molecular flexibility index (Phi) is 5.39. The van der Waals surface area contributed by atoms with Crippen LogP contribution in [0.3, 0.4) is 0 Å². The molecule has 3 rings (SSSR count). The zero-order valence-corrected chi connectivity index (χ0v) is 15.2. The van der Waals surface area contributed by atoms with Crippen molar-refractivity contribution in [3.05, 3.63) is 48.0 Å². The average molecular weight is 370 g/mol. The normalized spacial score (nSPS) is 22.5. The average Bonchev–Trinajstić information content (AvgIpc) is 2.83. The number of imide groups is 1. The number of amides is 3. The van der Waals surface area contributed by atoms with E-state index >= 15 is 0 Å². The molecule has 27 heavy (non-hydrogen) atoms. The molecule has 0 bridgehead atoms. The van der Waals surface area contributed by atoms with Gasteiger partial charge in [0.2, 0.25) is 5.91 Å². The van der Waals surface area contributed by atoms with Crippen LogP contribution in [-0.4, -0.2) is 59.2 Å². The Hall–Kier alpha value is -2.96. The van der Waals surface area contributed by atoms with Gasteiger partial charge < -0.3 is 9.64 Å². The van der Waals surface area contributed by atoms with Crippen LogP contribution in [0.15, 0.2) is 36.9 Å². The first-order chi connectivity index (χ1) is 13.0. The van der Waals surface area contributed by atoms with Gasteiger partial charge in [-0.2, -0.15) is 0 Å². The topological polar surface area (TPSA) is 84.0 Å². The number of carbonyl (C=O) groups excluding carboxylic acids is 4. The molecule has 2 atom stereocenters. The van der Waals surface area contributed by atoms with Crippen LogP contribution in [0, 0.1) is 0 Å². The standard InChI is InChI=1S/C20H22N2O5/c1-3-7-13-8-6-11-16(20(26)21(13)12-17(23)27-2)22-18(24)14-9-4-5-10-15(14)19(22)25/h3-5,9-10,13,16H,1,6-8,11-12H2,2H3/t13-,16-/m0/s1. The lowest BCUT2D eigenvalue weighted by molar-refractivity contribution is -0.149. The lowest BCUT2D eigenvalue weighted by Crippen LogP contribution is -2.53. The summed E-state index contributed by atoms with van der Waals surface area (Å²) < 4.78 is 4.72. The van der Waals surface area contributed by atoms with Gasteiger partial charge in [-0.15, -0.1) is 6.58 Å². The summed E-state index contributed by atoms with van der Waals surface area (Å²) in [6, 6.07) is 5.41. The number of benzene rings is 1. The highest BCUT2D eigenvalue weighted by atomic mass is 16.5. The third-order valence-corrected chi connectivity index (χ3v) is 5.13. The Labute approximate surface area is 157 Å². The van der Waals surface area contributed by atoms with Gasteiger partial charge in [0.05, 0.1) is 18.2 Å². The Morgan fingerprint density at radius 2 is 1.81 bits per heavy atom. The van der Waals surface area contributed by atoms with Crippen molar-refractivity contribution in [2.24, 2.45) is 0 Å². The molecule has 2 heterocycles. The molecule has 0 N–H and O–H groups in total. The van der Waals surface area contributed by atoms with Gasteiger partial charge in [0.25, 0.3) is 11.8 Å². The number of fused-ring (bicyclic) bond motifs is 1. The molecule has 1 aromatic carbocycles. The summed E-state index contributed by atoms with van der Waals surface area (Å²) in [5, 5.41) is 0. The van der Waals surface area contributed by atoms with Crippen molar-refractivity contribution in [3.63, 3.8) is 0 Å². The number of rotatable bonds is 5. The number of methoxy groups -OCH3 is 1. The van der Waals surface area contributed by atoms with Crippen LogP contribution < -0.4 is 0 Å². The van der Waals surface area contributed by atoms with Gasteiger partial charge in [-0.1, -0.05) is 18.2 Å². The summed E-state index contributed by atoms with van der Waals surface area (Å²) in [7, 11) is 1.26. The molecule has 2 aliphatic rings. The lowest BCUT2D eigenvalue weighted by Gasteiger charge is -2.32. The second-order valence-corrected chi connectivity index (χ2v) is 6.69. The van der Waals surface area contributed by atoms with Crippen molar-refractivity contribution in [3.8, 4) is 0 Å². The molecule has 7 heteroatoms. The van der Waals surface area contributed by atoms with E-state index in [2.05, 4.69) is 6.58 Å². The van der Waals surface area contributed by atoms with Gasteiger partial charge in [-0.25, -0.2) is 0 Å². The van der Waals surface area contributed by atoms with E-state index in [1.54, 1.807) is 30.3 Å². The molecule has 1 saturated heterocycles. The molecule has 2 aliphatic heterocycles. The molecular formula is C20H22N2O5. The summed E-state index contributed by atoms with van der Waals surface area (Å²) in [5.41, 5.74) is 0.614. The summed E-state index contributed by atoms with van der Waals surface area (Å²) >= 11 is 0. The van der Waals surface area contributed by atoms with Gasteiger partial charge in [0.15, 0.2) is 0 Å². The number of ether oxygens (including phenoxy) is 1. The highest BCUT2D eigenvalue weighted by Crippen LogP contribution is 2.30. The molecule has 1 aromatic rings. The van der Waals surface area contributed by atoms with E-state index < -0.39 is 29.7 Å². The Morgan fingerprint density at radius 3 is 2.37 bits per heavy atom. The zero-order chi connectivity index (χ0) is 19.6. The first-order valence-electron chi connectivity index (χ1n) is 8.94. The van der Waals surface area contributed by atoms with Gasteiger partial charge in [0.1, 0.15) is 12.6 Å². The molecule has 0 saturated carbocycles. The second-order valence-electron chi connectivity index (χ2n) is 6.69. The fourth-order valence-corrected chi connectivity index (χ4v) is 3.78. The molecule has 1 fully saturated rings. The predicted molar refractivity (Wildman–Crippen MR) is 96.9 cm³/mol. The largest absolute Gasteiger partial charge is 0.468 e. The van der Waals surface area contributed by atoms with Crippen molar-refractivity contribution in [2.45, 2.75) is 37.8 Å². The maximum atomic E-state index is 13.2. The van der Waals surface area contributed by atoms with Crippen molar-refractivity contribution in [1.82, 2.24) is 9.80 Å². The van der Waals surface area contributed by atoms with Crippen molar-refractivity contribution in [2.75, 3.05) is 13.7 Å². The number of esters is 1. The van der Waals surface area contributed by atoms with Gasteiger partial charge >= 0.3 is 5.97 Å². The first-order valence-corrected chi connectivity index (χ1v) is 8.94. The maximum absolute atomic E-state index is 13.2. The van der Waals surface area contributed by atoms with Gasteiger partial charge in [0, 0.05) is 6.04 Å². The summed E-state index contributed by atoms with van der Waals surface area (Å²) in [6.45, 7) is 3.50. The molecule has 142 valence electrons. The van der Waals surface area contributed by atoms with E-state index in [1.807, 2.05) is 0 Å². The molecule has 0 spiro atoms. The Morgan fingerprint density at radius 1 is 1.19 bits per heavy atom. The van der Waals surface area contributed by atoms with Crippen LogP contribution in [0.2, 0.25) is 0 Å². The second kappa shape index (κ2) is 7.73. The third-order valence-electron chi connectivity index (χ3n) is 5.13. The summed E-state index contributed by atoms with van der Waals surface area (Å²) in [6.07, 6.45) is 3.91. The smallest absolute Gasteiger partial charge is 0.325 e. The molecule has 0 unspecified atom stereocenters. The van der Waals surface area contributed by atoms with Crippen LogP contribution in [0.5, 0.6) is 0 Å². The molecule has 3 amide bonds. The fraction of sp³-hybridized carbons (Fsp3) is 0.400. The van der Waals surface area contributed by atoms with E-state index in [0.29, 0.717) is 36.8 Å². The molecule has 0 radical (unpaired) electrons. The third kappa shape index (κ3) is 3.37. The highest BCUT2D eigenvalue weighted by molar-refractivity contribution is 6.22. The molecule has 7 nitrogen and oxygen atoms in total. The van der Waals surface area contributed by atoms with E-state index in [9.17, 15) is 19.2 Å². The van der Waals surface area contributed by atoms with E-state index in [0.717, 1.165) is 4.90 Å². The van der Waals surface area contributed by atoms with Crippen molar-refractivity contribution in [1.29, 1.82) is 0 Å². The minimum absolute atomic E-state index is 0.214. The van der Waals surface area contributed by atoms with E-state index in [1.165, 1.54) is 12.0 Å². The number of likely N-dealkylation sites (tertiary alicyclic amines) is 1. The quantitative estimate of drug-likeness (QED) is 0.448. The monoisotopic (exact) mass is 370 g/mol. The number of nitrogens with zero attached hydrogens (tertiary/aromatic N) is 2. The number of hydrogen-bond acceptors (Lipinski definition) is 5. The van der Waals surface area contributed by atoms with Crippen LogP contribution in [-0.2, 0) is 14.3 Å². The first kappa shape index (κ1) is 18.8. The van der Waals surface area contributed by atoms with Crippen LogP contribution in [0.4, 0.5) is 0 Å². The van der Waals surface area contributed by atoms with Crippen molar-refractivity contribution >= 4 is 23.7 Å². The maximum Gasteiger partial charge on any atom is 0.325 e.